The lowest BCUT2D eigenvalue weighted by Crippen LogP contribution is -2.05. The molecule has 0 amide bonds. The summed E-state index contributed by atoms with van der Waals surface area (Å²) in [5.74, 6) is 0.491. The Bertz CT molecular complexity index is 585. The SMILES string of the molecule is FC(F)(F)c1ccc(Nc2ccc(Br)cn2)c(Cl)c1. The summed E-state index contributed by atoms with van der Waals surface area (Å²) in [5.41, 5.74) is -0.420. The summed E-state index contributed by atoms with van der Waals surface area (Å²) in [5, 5.41) is 2.83. The second kappa shape index (κ2) is 5.38. The molecule has 1 N–H and O–H groups in total. The normalized spacial score (nSPS) is 11.4. The number of nitrogens with zero attached hydrogens (tertiary/aromatic N) is 1. The van der Waals surface area contributed by atoms with Gasteiger partial charge in [-0.2, -0.15) is 13.2 Å². The minimum atomic E-state index is -4.40. The molecule has 2 aromatic rings. The van der Waals surface area contributed by atoms with Crippen LogP contribution in [0.2, 0.25) is 5.02 Å². The van der Waals surface area contributed by atoms with Gasteiger partial charge in [0.2, 0.25) is 0 Å². The number of rotatable bonds is 2. The molecule has 2 rings (SSSR count). The third-order valence-corrected chi connectivity index (χ3v) is 3.07. The summed E-state index contributed by atoms with van der Waals surface area (Å²) >= 11 is 9.05. The van der Waals surface area contributed by atoms with Crippen LogP contribution in [0, 0.1) is 0 Å². The first-order valence-corrected chi connectivity index (χ1v) is 6.29. The highest BCUT2D eigenvalue weighted by Gasteiger charge is 2.30. The lowest BCUT2D eigenvalue weighted by Gasteiger charge is -2.11. The molecule has 1 heterocycles. The Hall–Kier alpha value is -1.27. The van der Waals surface area contributed by atoms with Gasteiger partial charge in [0.05, 0.1) is 16.3 Å². The number of benzene rings is 1. The molecule has 0 atom stereocenters. The van der Waals surface area contributed by atoms with E-state index in [1.165, 1.54) is 6.07 Å². The van der Waals surface area contributed by atoms with E-state index >= 15 is 0 Å². The molecule has 0 aliphatic carbocycles. The second-order valence-corrected chi connectivity index (χ2v) is 5.00. The Labute approximate surface area is 120 Å². The maximum atomic E-state index is 12.5. The molecule has 0 spiro atoms. The van der Waals surface area contributed by atoms with Crippen molar-refractivity contribution in [2.75, 3.05) is 5.32 Å². The van der Waals surface area contributed by atoms with E-state index in [9.17, 15) is 13.2 Å². The van der Waals surface area contributed by atoms with Crippen LogP contribution >= 0.6 is 27.5 Å². The first-order valence-electron chi connectivity index (χ1n) is 5.11. The number of halogens is 5. The Balaban J connectivity index is 2.24. The van der Waals surface area contributed by atoms with Gasteiger partial charge in [-0.25, -0.2) is 4.98 Å². The third kappa shape index (κ3) is 3.61. The lowest BCUT2D eigenvalue weighted by molar-refractivity contribution is -0.137. The smallest absolute Gasteiger partial charge is 0.339 e. The van der Waals surface area contributed by atoms with Crippen molar-refractivity contribution in [3.8, 4) is 0 Å². The summed E-state index contributed by atoms with van der Waals surface area (Å²) in [6, 6.07) is 6.55. The average Bonchev–Trinajstić information content (AvgIpc) is 2.33. The van der Waals surface area contributed by atoms with Crippen LogP contribution in [0.25, 0.3) is 0 Å². The Morgan fingerprint density at radius 2 is 1.89 bits per heavy atom. The van der Waals surface area contributed by atoms with Crippen LogP contribution in [0.15, 0.2) is 41.0 Å². The number of nitrogens with one attached hydrogen (secondary N) is 1. The van der Waals surface area contributed by atoms with Crippen molar-refractivity contribution in [2.24, 2.45) is 0 Å². The molecule has 0 aliphatic heterocycles. The van der Waals surface area contributed by atoms with E-state index in [2.05, 4.69) is 26.2 Å². The predicted molar refractivity (Wildman–Crippen MR) is 71.7 cm³/mol. The van der Waals surface area contributed by atoms with Gasteiger partial charge in [0, 0.05) is 10.7 Å². The number of hydrogen-bond acceptors (Lipinski definition) is 2. The zero-order chi connectivity index (χ0) is 14.0. The molecule has 7 heteroatoms. The molecule has 19 heavy (non-hydrogen) atoms. The van der Waals surface area contributed by atoms with Crippen molar-refractivity contribution >= 4 is 39.0 Å². The topological polar surface area (TPSA) is 24.9 Å². The van der Waals surface area contributed by atoms with Crippen molar-refractivity contribution in [2.45, 2.75) is 6.18 Å². The van der Waals surface area contributed by atoms with Crippen LogP contribution in [-0.2, 0) is 6.18 Å². The summed E-state index contributed by atoms with van der Waals surface area (Å²) in [4.78, 5) is 4.05. The van der Waals surface area contributed by atoms with E-state index in [4.69, 9.17) is 11.6 Å². The molecule has 0 saturated carbocycles. The highest BCUT2D eigenvalue weighted by atomic mass is 79.9. The highest BCUT2D eigenvalue weighted by Crippen LogP contribution is 2.34. The molecule has 1 aromatic heterocycles. The van der Waals surface area contributed by atoms with Gasteiger partial charge in [-0.1, -0.05) is 11.6 Å². The molecule has 1 aromatic carbocycles. The highest BCUT2D eigenvalue weighted by molar-refractivity contribution is 9.10. The van der Waals surface area contributed by atoms with Crippen LogP contribution < -0.4 is 5.32 Å². The number of pyridine rings is 1. The Morgan fingerprint density at radius 1 is 1.16 bits per heavy atom. The monoisotopic (exact) mass is 350 g/mol. The summed E-state index contributed by atoms with van der Waals surface area (Å²) in [6.45, 7) is 0. The largest absolute Gasteiger partial charge is 0.416 e. The van der Waals surface area contributed by atoms with Crippen LogP contribution in [-0.4, -0.2) is 4.98 Å². The van der Waals surface area contributed by atoms with Gasteiger partial charge in [0.15, 0.2) is 0 Å². The number of aromatic nitrogens is 1. The van der Waals surface area contributed by atoms with Gasteiger partial charge in [0.25, 0.3) is 0 Å². The molecule has 100 valence electrons. The molecule has 2 nitrogen and oxygen atoms in total. The third-order valence-electron chi connectivity index (χ3n) is 2.29. The standard InChI is InChI=1S/C12H7BrClF3N2/c13-8-2-4-11(18-6-8)19-10-3-1-7(5-9(10)14)12(15,16)17/h1-6H,(H,18,19). The lowest BCUT2D eigenvalue weighted by atomic mass is 10.2. The van der Waals surface area contributed by atoms with Crippen LogP contribution in [0.5, 0.6) is 0 Å². The van der Waals surface area contributed by atoms with E-state index in [1.54, 1.807) is 18.3 Å². The van der Waals surface area contributed by atoms with Crippen LogP contribution in [0.4, 0.5) is 24.7 Å². The zero-order valence-corrected chi connectivity index (χ0v) is 11.6. The van der Waals surface area contributed by atoms with Crippen molar-refractivity contribution in [3.63, 3.8) is 0 Å². The van der Waals surface area contributed by atoms with Gasteiger partial charge >= 0.3 is 6.18 Å². The molecular weight excluding hydrogens is 344 g/mol. The van der Waals surface area contributed by atoms with E-state index in [0.717, 1.165) is 16.6 Å². The Kier molecular flexibility index (Phi) is 4.01. The molecule has 0 unspecified atom stereocenters. The Morgan fingerprint density at radius 3 is 2.42 bits per heavy atom. The summed E-state index contributed by atoms with van der Waals surface area (Å²) in [7, 11) is 0. The molecule has 0 saturated heterocycles. The predicted octanol–water partition coefficient (Wildman–Crippen LogP) is 5.26. The van der Waals surface area contributed by atoms with Crippen molar-refractivity contribution < 1.29 is 13.2 Å². The van der Waals surface area contributed by atoms with Crippen LogP contribution in [0.1, 0.15) is 5.56 Å². The molecule has 0 aliphatic rings. The molecule has 0 fully saturated rings. The summed E-state index contributed by atoms with van der Waals surface area (Å²) < 4.78 is 38.2. The molecule has 0 radical (unpaired) electrons. The van der Waals surface area contributed by atoms with E-state index in [0.29, 0.717) is 11.5 Å². The first kappa shape index (κ1) is 14.1. The van der Waals surface area contributed by atoms with E-state index in [1.807, 2.05) is 0 Å². The van der Waals surface area contributed by atoms with Gasteiger partial charge in [-0.15, -0.1) is 0 Å². The van der Waals surface area contributed by atoms with Gasteiger partial charge in [-0.3, -0.25) is 0 Å². The van der Waals surface area contributed by atoms with Crippen LogP contribution in [0.3, 0.4) is 0 Å². The maximum Gasteiger partial charge on any atom is 0.416 e. The van der Waals surface area contributed by atoms with Crippen molar-refractivity contribution in [1.82, 2.24) is 4.98 Å². The zero-order valence-electron chi connectivity index (χ0n) is 9.30. The fraction of sp³-hybridized carbons (Fsp3) is 0.0833. The van der Waals surface area contributed by atoms with Gasteiger partial charge in [-0.05, 0) is 46.3 Å². The number of anilines is 2. The number of hydrogen-bond donors (Lipinski definition) is 1. The minimum absolute atomic E-state index is 0.0143. The maximum absolute atomic E-state index is 12.5. The van der Waals surface area contributed by atoms with Gasteiger partial charge in [0.1, 0.15) is 5.82 Å². The summed E-state index contributed by atoms with van der Waals surface area (Å²) in [6.07, 6.45) is -2.83. The van der Waals surface area contributed by atoms with Gasteiger partial charge < -0.3 is 5.32 Å². The fourth-order valence-corrected chi connectivity index (χ4v) is 1.84. The van der Waals surface area contributed by atoms with Crippen molar-refractivity contribution in [3.05, 3.63) is 51.6 Å². The average molecular weight is 352 g/mol. The van der Waals surface area contributed by atoms with E-state index < -0.39 is 11.7 Å². The second-order valence-electron chi connectivity index (χ2n) is 3.68. The van der Waals surface area contributed by atoms with E-state index in [-0.39, 0.29) is 5.02 Å². The number of alkyl halides is 3. The molecular formula is C12H7BrClF3N2. The minimum Gasteiger partial charge on any atom is -0.339 e. The van der Waals surface area contributed by atoms with Crippen molar-refractivity contribution in [1.29, 1.82) is 0 Å². The molecule has 0 bridgehead atoms. The fourth-order valence-electron chi connectivity index (χ4n) is 1.38. The first-order chi connectivity index (χ1) is 8.86. The quantitative estimate of drug-likeness (QED) is 0.798.